The summed E-state index contributed by atoms with van der Waals surface area (Å²) in [5, 5.41) is 10.7. The Bertz CT molecular complexity index is 317. The first-order chi connectivity index (χ1) is 7.77. The van der Waals surface area contributed by atoms with Crippen molar-refractivity contribution >= 4 is 22.9 Å². The van der Waals surface area contributed by atoms with Crippen molar-refractivity contribution in [3.8, 4) is 0 Å². The summed E-state index contributed by atoms with van der Waals surface area (Å²) in [6.07, 6.45) is 9.43. The zero-order valence-corrected chi connectivity index (χ0v) is 11.4. The minimum atomic E-state index is -0.000180. The van der Waals surface area contributed by atoms with Crippen LogP contribution in [0.3, 0.4) is 0 Å². The number of halogens is 1. The topological polar surface area (TPSA) is 25.8 Å². The van der Waals surface area contributed by atoms with Gasteiger partial charge in [-0.15, -0.1) is 21.8 Å². The molecule has 0 spiro atoms. The molecule has 1 heterocycles. The molecular formula is C12H19ClN2S. The summed E-state index contributed by atoms with van der Waals surface area (Å²) in [4.78, 5) is 0. The van der Waals surface area contributed by atoms with E-state index in [-0.39, 0.29) is 5.38 Å². The van der Waals surface area contributed by atoms with E-state index in [0.717, 1.165) is 5.01 Å². The van der Waals surface area contributed by atoms with Gasteiger partial charge in [0.2, 0.25) is 0 Å². The van der Waals surface area contributed by atoms with E-state index in [0.29, 0.717) is 5.92 Å². The van der Waals surface area contributed by atoms with Crippen LogP contribution in [0.1, 0.15) is 73.2 Å². The summed E-state index contributed by atoms with van der Waals surface area (Å²) < 4.78 is 0. The first kappa shape index (κ1) is 12.3. The average Bonchev–Trinajstić information content (AvgIpc) is 2.66. The van der Waals surface area contributed by atoms with Crippen LogP contribution in [-0.2, 0) is 0 Å². The predicted molar refractivity (Wildman–Crippen MR) is 69.2 cm³/mol. The number of rotatable bonds is 2. The Morgan fingerprint density at radius 2 is 1.75 bits per heavy atom. The molecule has 2 nitrogen and oxygen atoms in total. The van der Waals surface area contributed by atoms with E-state index in [2.05, 4.69) is 10.2 Å². The first-order valence-corrected chi connectivity index (χ1v) is 7.50. The standard InChI is InChI=1S/C12H19ClN2S/c1-9(13)11-14-15-12(16-11)10-7-5-3-2-4-6-8-10/h9-10H,2-8H2,1H3. The fourth-order valence-electron chi connectivity index (χ4n) is 2.28. The molecule has 0 N–H and O–H groups in total. The van der Waals surface area contributed by atoms with Crippen LogP contribution in [0.15, 0.2) is 0 Å². The molecule has 1 aromatic heterocycles. The van der Waals surface area contributed by atoms with Crippen molar-refractivity contribution in [3.05, 3.63) is 10.0 Å². The summed E-state index contributed by atoms with van der Waals surface area (Å²) in [7, 11) is 0. The second kappa shape index (κ2) is 5.97. The second-order valence-electron chi connectivity index (χ2n) is 4.64. The predicted octanol–water partition coefficient (Wildman–Crippen LogP) is 4.67. The van der Waals surface area contributed by atoms with Gasteiger partial charge in [-0.25, -0.2) is 0 Å². The summed E-state index contributed by atoms with van der Waals surface area (Å²) in [6.45, 7) is 1.96. The van der Waals surface area contributed by atoms with Crippen LogP contribution >= 0.6 is 22.9 Å². The van der Waals surface area contributed by atoms with Gasteiger partial charge in [-0.2, -0.15) is 0 Å². The third-order valence-corrected chi connectivity index (χ3v) is 4.86. The van der Waals surface area contributed by atoms with Crippen molar-refractivity contribution < 1.29 is 0 Å². The molecule has 1 atom stereocenters. The van der Waals surface area contributed by atoms with Crippen molar-refractivity contribution in [2.75, 3.05) is 0 Å². The summed E-state index contributed by atoms with van der Waals surface area (Å²) in [6, 6.07) is 0. The van der Waals surface area contributed by atoms with Crippen LogP contribution in [-0.4, -0.2) is 10.2 Å². The van der Waals surface area contributed by atoms with E-state index in [1.54, 1.807) is 11.3 Å². The zero-order chi connectivity index (χ0) is 11.4. The van der Waals surface area contributed by atoms with Gasteiger partial charge in [0.1, 0.15) is 10.0 Å². The van der Waals surface area contributed by atoms with Gasteiger partial charge in [-0.3, -0.25) is 0 Å². The fourth-order valence-corrected chi connectivity index (χ4v) is 3.39. The normalized spacial score (nSPS) is 21.4. The van der Waals surface area contributed by atoms with E-state index in [9.17, 15) is 0 Å². The molecular weight excluding hydrogens is 240 g/mol. The highest BCUT2D eigenvalue weighted by atomic mass is 35.5. The molecule has 0 bridgehead atoms. The maximum absolute atomic E-state index is 6.02. The van der Waals surface area contributed by atoms with E-state index in [1.165, 1.54) is 50.0 Å². The highest BCUT2D eigenvalue weighted by molar-refractivity contribution is 7.11. The van der Waals surface area contributed by atoms with Crippen molar-refractivity contribution in [2.45, 2.75) is 63.2 Å². The van der Waals surface area contributed by atoms with Crippen molar-refractivity contribution in [1.29, 1.82) is 0 Å². The van der Waals surface area contributed by atoms with Gasteiger partial charge < -0.3 is 0 Å². The van der Waals surface area contributed by atoms with Crippen molar-refractivity contribution in [1.82, 2.24) is 10.2 Å². The SMILES string of the molecule is CC(Cl)c1nnc(C2CCCCCCC2)s1. The summed E-state index contributed by atoms with van der Waals surface area (Å²) in [5.41, 5.74) is 0. The molecule has 1 aliphatic carbocycles. The van der Waals surface area contributed by atoms with Crippen LogP contribution in [0.4, 0.5) is 0 Å². The molecule has 4 heteroatoms. The minimum absolute atomic E-state index is 0.000180. The van der Waals surface area contributed by atoms with Gasteiger partial charge in [-0.1, -0.05) is 43.4 Å². The molecule has 1 fully saturated rings. The number of alkyl halides is 1. The van der Waals surface area contributed by atoms with Gasteiger partial charge >= 0.3 is 0 Å². The van der Waals surface area contributed by atoms with Crippen LogP contribution in [0.2, 0.25) is 0 Å². The molecule has 1 saturated carbocycles. The van der Waals surface area contributed by atoms with Crippen LogP contribution in [0.25, 0.3) is 0 Å². The molecule has 0 aliphatic heterocycles. The number of hydrogen-bond acceptors (Lipinski definition) is 3. The summed E-state index contributed by atoms with van der Waals surface area (Å²) in [5.74, 6) is 0.641. The van der Waals surface area contributed by atoms with Gasteiger partial charge in [0, 0.05) is 5.92 Å². The zero-order valence-electron chi connectivity index (χ0n) is 9.79. The first-order valence-electron chi connectivity index (χ1n) is 6.24. The molecule has 0 amide bonds. The van der Waals surface area contributed by atoms with E-state index >= 15 is 0 Å². The van der Waals surface area contributed by atoms with Gasteiger partial charge in [0.25, 0.3) is 0 Å². The maximum atomic E-state index is 6.02. The molecule has 1 unspecified atom stereocenters. The van der Waals surface area contributed by atoms with E-state index in [1.807, 2.05) is 6.92 Å². The monoisotopic (exact) mass is 258 g/mol. The Balaban J connectivity index is 2.02. The van der Waals surface area contributed by atoms with E-state index < -0.39 is 0 Å². The minimum Gasteiger partial charge on any atom is -0.143 e. The average molecular weight is 259 g/mol. The fraction of sp³-hybridized carbons (Fsp3) is 0.833. The third-order valence-electron chi connectivity index (χ3n) is 3.25. The van der Waals surface area contributed by atoms with Crippen LogP contribution in [0, 0.1) is 0 Å². The van der Waals surface area contributed by atoms with Crippen LogP contribution < -0.4 is 0 Å². The van der Waals surface area contributed by atoms with Gasteiger partial charge in [0.05, 0.1) is 5.38 Å². The summed E-state index contributed by atoms with van der Waals surface area (Å²) >= 11 is 7.73. The molecule has 0 aromatic carbocycles. The van der Waals surface area contributed by atoms with Crippen molar-refractivity contribution in [3.63, 3.8) is 0 Å². The van der Waals surface area contributed by atoms with Crippen LogP contribution in [0.5, 0.6) is 0 Å². The number of aromatic nitrogens is 2. The highest BCUT2D eigenvalue weighted by Crippen LogP contribution is 2.34. The Morgan fingerprint density at radius 1 is 1.12 bits per heavy atom. The third kappa shape index (κ3) is 3.17. The molecule has 0 radical (unpaired) electrons. The maximum Gasteiger partial charge on any atom is 0.135 e. The van der Waals surface area contributed by atoms with Gasteiger partial charge in [-0.05, 0) is 19.8 Å². The lowest BCUT2D eigenvalue weighted by Gasteiger charge is -2.16. The van der Waals surface area contributed by atoms with E-state index in [4.69, 9.17) is 11.6 Å². The van der Waals surface area contributed by atoms with Gasteiger partial charge in [0.15, 0.2) is 0 Å². The smallest absolute Gasteiger partial charge is 0.135 e. The largest absolute Gasteiger partial charge is 0.143 e. The highest BCUT2D eigenvalue weighted by Gasteiger charge is 2.19. The number of hydrogen-bond donors (Lipinski definition) is 0. The lowest BCUT2D eigenvalue weighted by molar-refractivity contribution is 0.453. The Hall–Kier alpha value is -0.150. The second-order valence-corrected chi connectivity index (χ2v) is 6.33. The lowest BCUT2D eigenvalue weighted by atomic mass is 9.92. The molecule has 0 saturated heterocycles. The Morgan fingerprint density at radius 3 is 2.31 bits per heavy atom. The molecule has 1 aromatic rings. The lowest BCUT2D eigenvalue weighted by Crippen LogP contribution is -2.01. The Kier molecular flexibility index (Phi) is 4.59. The quantitative estimate of drug-likeness (QED) is 0.721. The Labute approximate surface area is 106 Å². The molecule has 1 aliphatic rings. The molecule has 16 heavy (non-hydrogen) atoms. The molecule has 2 rings (SSSR count). The van der Waals surface area contributed by atoms with Crippen molar-refractivity contribution in [2.24, 2.45) is 0 Å². The number of nitrogens with zero attached hydrogens (tertiary/aromatic N) is 2. The molecule has 90 valence electrons.